The minimum atomic E-state index is -1.86. The van der Waals surface area contributed by atoms with Crippen molar-refractivity contribution in [1.82, 2.24) is 14.4 Å². The summed E-state index contributed by atoms with van der Waals surface area (Å²) in [5.74, 6) is 6.23. The van der Waals surface area contributed by atoms with Gasteiger partial charge in [-0.2, -0.15) is 0 Å². The highest BCUT2D eigenvalue weighted by molar-refractivity contribution is 6.68. The number of ether oxygens (including phenoxy) is 1. The molecule has 0 bridgehead atoms. The van der Waals surface area contributed by atoms with E-state index in [0.717, 1.165) is 44.7 Å². The van der Waals surface area contributed by atoms with Crippen molar-refractivity contribution in [2.45, 2.75) is 80.5 Å². The molecule has 7 heteroatoms. The number of rotatable bonds is 7. The molecule has 0 radical (unpaired) electrons. The number of pyridine rings is 1. The zero-order chi connectivity index (χ0) is 44.9. The number of fused-ring (bicyclic) bond motifs is 5. The lowest BCUT2D eigenvalue weighted by Crippen LogP contribution is -2.42. The van der Waals surface area contributed by atoms with Crippen molar-refractivity contribution in [2.24, 2.45) is 10.8 Å². The van der Waals surface area contributed by atoms with Gasteiger partial charge in [0.15, 0.2) is 0 Å². The highest BCUT2D eigenvalue weighted by Crippen LogP contribution is 2.49. The highest BCUT2D eigenvalue weighted by Gasteiger charge is 2.39. The van der Waals surface area contributed by atoms with Crippen molar-refractivity contribution < 1.29 is 10.2 Å². The Hall–Kier alpha value is -5.95. The van der Waals surface area contributed by atoms with Crippen LogP contribution in [0.2, 0.25) is 0 Å². The van der Waals surface area contributed by atoms with Crippen molar-refractivity contribution in [3.8, 4) is 17.3 Å². The van der Waals surface area contributed by atoms with Crippen LogP contribution in [0.4, 0.5) is 17.1 Å². The Morgan fingerprint density at radius 2 is 1.41 bits per heavy atom. The molecule has 0 saturated heterocycles. The lowest BCUT2D eigenvalue weighted by Gasteiger charge is -2.42. The van der Waals surface area contributed by atoms with Gasteiger partial charge in [0.1, 0.15) is 24.0 Å². The van der Waals surface area contributed by atoms with E-state index in [-0.39, 0.29) is 12.3 Å². The summed E-state index contributed by atoms with van der Waals surface area (Å²) in [5.41, 5.74) is 5.81. The summed E-state index contributed by atoms with van der Waals surface area (Å²) in [6.45, 7) is 18.1. The second-order valence-corrected chi connectivity index (χ2v) is 18.9. The number of anilines is 3. The van der Waals surface area contributed by atoms with Crippen molar-refractivity contribution in [2.75, 3.05) is 16.5 Å². The fourth-order valence-corrected chi connectivity index (χ4v) is 8.37. The molecule has 3 aliphatic rings. The smallest absolute Gasteiger partial charge is 0.312 e. The number of hydrogen-bond donors (Lipinski definition) is 0. The van der Waals surface area contributed by atoms with Gasteiger partial charge in [0.2, 0.25) is 0 Å². The molecule has 0 saturated carbocycles. The van der Waals surface area contributed by atoms with E-state index in [1.165, 1.54) is 5.56 Å². The Morgan fingerprint density at radius 1 is 0.695 bits per heavy atom. The lowest BCUT2D eigenvalue weighted by molar-refractivity contribution is 0.377. The highest BCUT2D eigenvalue weighted by atomic mass is 16.5. The fraction of sp³-hybridized carbons (Fsp3) is 0.288. The predicted molar refractivity (Wildman–Crippen MR) is 249 cm³/mol. The number of para-hydroxylation sites is 3. The van der Waals surface area contributed by atoms with Gasteiger partial charge in [-0.15, -0.1) is 0 Å². The number of allylic oxidation sites excluding steroid dienone is 4. The fourth-order valence-electron chi connectivity index (χ4n) is 8.37. The third kappa shape index (κ3) is 7.48. The molecule has 4 aromatic carbocycles. The summed E-state index contributed by atoms with van der Waals surface area (Å²) >= 11 is 0. The molecule has 0 fully saturated rings. The molecule has 0 aliphatic carbocycles. The first kappa shape index (κ1) is 34.0. The molecule has 0 atom stereocenters. The van der Waals surface area contributed by atoms with Crippen LogP contribution < -0.4 is 14.5 Å². The second-order valence-electron chi connectivity index (χ2n) is 18.9. The van der Waals surface area contributed by atoms with E-state index in [9.17, 15) is 5.48 Å². The third-order valence-corrected chi connectivity index (χ3v) is 10.9. The van der Waals surface area contributed by atoms with E-state index in [2.05, 4.69) is 102 Å². The van der Waals surface area contributed by atoms with Crippen molar-refractivity contribution >= 4 is 45.7 Å². The molecular weight excluding hydrogens is 721 g/mol. The Bertz CT molecular complexity index is 2910. The minimum Gasteiger partial charge on any atom is -0.457 e. The molecule has 6 aromatic rings. The van der Waals surface area contributed by atoms with Crippen LogP contribution in [-0.2, 0) is 5.41 Å². The van der Waals surface area contributed by atoms with Gasteiger partial charge >= 0.3 is 6.85 Å². The number of nitrogens with zero attached hydrogens (tertiary/aromatic N) is 5. The van der Waals surface area contributed by atoms with Gasteiger partial charge in [-0.1, -0.05) is 117 Å². The van der Waals surface area contributed by atoms with Crippen molar-refractivity contribution in [3.63, 3.8) is 0 Å². The second kappa shape index (κ2) is 14.4. The van der Waals surface area contributed by atoms with Gasteiger partial charge < -0.3 is 19.3 Å². The van der Waals surface area contributed by atoms with Crippen LogP contribution in [-0.4, -0.2) is 27.9 Å². The zero-order valence-corrected chi connectivity index (χ0v) is 35.7. The molecule has 6 nitrogen and oxygen atoms in total. The Balaban J connectivity index is 1.13. The first-order valence-electron chi connectivity index (χ1n) is 22.7. The molecule has 0 unspecified atom stereocenters. The van der Waals surface area contributed by atoms with Crippen LogP contribution in [0.3, 0.4) is 0 Å². The maximum Gasteiger partial charge on any atom is 0.312 e. The standard InChI is InChI=1S/C52H56BN5O/c1-50(2,3)32-36-34-53-26-14-15-28-57(53)47(33-51(4,5)6)49(36)56-35-55(44-21-12-13-22-45(44)56)38-17-16-18-39(30-38)59-40-23-24-42-41-19-10-11-20-43(41)58(46(42)31-40)48-29-37(25-27-54-48)52(7,8)9/h10-31,34H,32-33,35H2,1-9H3/i32D2,33D2. The average molecular weight is 782 g/mol. The number of hydrogen-bond acceptors (Lipinski definition) is 5. The summed E-state index contributed by atoms with van der Waals surface area (Å²) in [7, 11) is 0. The number of aromatic nitrogens is 2. The van der Waals surface area contributed by atoms with Gasteiger partial charge in [0.05, 0.1) is 28.1 Å². The number of benzene rings is 4. The average Bonchev–Trinajstić information content (AvgIpc) is 3.78. The molecular formula is C52H56BN5O. The van der Waals surface area contributed by atoms with Crippen LogP contribution >= 0.6 is 0 Å². The van der Waals surface area contributed by atoms with Gasteiger partial charge in [-0.3, -0.25) is 4.57 Å². The summed E-state index contributed by atoms with van der Waals surface area (Å²) in [5, 5.41) is 2.26. The third-order valence-electron chi connectivity index (χ3n) is 10.9. The SMILES string of the molecule is [2H]C([2H])(C1=CB2C=CC=CN2C(C([2H])([2H])C(C)(C)C)=C1N1CN(c2cccc(Oc3ccc4c5ccccc5n(-c5cc(C(C)(C)C)ccn5)c4c3)c2)c2ccccc21)C(C)(C)C. The van der Waals surface area contributed by atoms with Crippen LogP contribution in [0.5, 0.6) is 11.5 Å². The van der Waals surface area contributed by atoms with E-state index in [1.54, 1.807) is 0 Å². The largest absolute Gasteiger partial charge is 0.457 e. The van der Waals surface area contributed by atoms with Gasteiger partial charge in [-0.25, -0.2) is 4.98 Å². The molecule has 0 spiro atoms. The van der Waals surface area contributed by atoms with Gasteiger partial charge in [0, 0.05) is 46.0 Å². The Labute approximate surface area is 356 Å². The normalized spacial score (nSPS) is 17.2. The monoisotopic (exact) mass is 781 g/mol. The topological polar surface area (TPSA) is 36.8 Å². The molecule has 59 heavy (non-hydrogen) atoms. The maximum absolute atomic E-state index is 9.85. The van der Waals surface area contributed by atoms with Crippen molar-refractivity contribution in [1.29, 1.82) is 0 Å². The van der Waals surface area contributed by atoms with Crippen molar-refractivity contribution in [3.05, 3.63) is 162 Å². The lowest BCUT2D eigenvalue weighted by atomic mass is 9.55. The van der Waals surface area contributed by atoms with E-state index in [1.807, 2.05) is 119 Å². The van der Waals surface area contributed by atoms with Crippen LogP contribution in [0.25, 0.3) is 27.6 Å². The summed E-state index contributed by atoms with van der Waals surface area (Å²) in [4.78, 5) is 11.2. The summed E-state index contributed by atoms with van der Waals surface area (Å²) < 4.78 is 48.2. The first-order valence-corrected chi connectivity index (χ1v) is 20.7. The van der Waals surface area contributed by atoms with E-state index >= 15 is 0 Å². The Morgan fingerprint density at radius 3 is 2.17 bits per heavy atom. The molecule has 9 rings (SSSR count). The summed E-state index contributed by atoms with van der Waals surface area (Å²) in [6, 6.07) is 35.1. The predicted octanol–water partition coefficient (Wildman–Crippen LogP) is 13.7. The quantitative estimate of drug-likeness (QED) is 0.151. The molecule has 0 amide bonds. The molecule has 2 aromatic heterocycles. The first-order chi connectivity index (χ1) is 29.7. The molecule has 5 heterocycles. The van der Waals surface area contributed by atoms with E-state index < -0.39 is 23.6 Å². The van der Waals surface area contributed by atoms with Gasteiger partial charge in [-0.05, 0) is 107 Å². The summed E-state index contributed by atoms with van der Waals surface area (Å²) in [6.07, 6.45) is 4.02. The molecule has 3 aliphatic heterocycles. The van der Waals surface area contributed by atoms with E-state index in [0.29, 0.717) is 35.1 Å². The van der Waals surface area contributed by atoms with Crippen LogP contribution in [0, 0.1) is 10.8 Å². The van der Waals surface area contributed by atoms with E-state index in [4.69, 9.17) is 9.72 Å². The van der Waals surface area contributed by atoms with Gasteiger partial charge in [0.25, 0.3) is 0 Å². The zero-order valence-electron chi connectivity index (χ0n) is 39.7. The minimum absolute atomic E-state index is 0.0386. The maximum atomic E-state index is 9.85. The molecule has 298 valence electrons. The Kier molecular flexibility index (Phi) is 8.29. The molecule has 0 N–H and O–H groups in total. The van der Waals surface area contributed by atoms with Crippen LogP contribution in [0.1, 0.15) is 86.1 Å². The van der Waals surface area contributed by atoms with Crippen LogP contribution in [0.15, 0.2) is 157 Å².